The summed E-state index contributed by atoms with van der Waals surface area (Å²) in [6.07, 6.45) is 1.95. The highest BCUT2D eigenvalue weighted by Crippen LogP contribution is 2.32. The first kappa shape index (κ1) is 16.1. The Morgan fingerprint density at radius 2 is 2.09 bits per heavy atom. The molecule has 2 saturated heterocycles. The van der Waals surface area contributed by atoms with Gasteiger partial charge in [-0.05, 0) is 24.7 Å². The van der Waals surface area contributed by atoms with Gasteiger partial charge >= 0.3 is 0 Å². The number of primary sulfonamides is 1. The highest BCUT2D eigenvalue weighted by molar-refractivity contribution is 7.89. The van der Waals surface area contributed by atoms with Gasteiger partial charge in [-0.15, -0.1) is 0 Å². The van der Waals surface area contributed by atoms with E-state index in [-0.39, 0.29) is 17.6 Å². The Morgan fingerprint density at radius 1 is 1.36 bits per heavy atom. The van der Waals surface area contributed by atoms with Gasteiger partial charge in [0.25, 0.3) is 0 Å². The molecule has 22 heavy (non-hydrogen) atoms. The summed E-state index contributed by atoms with van der Waals surface area (Å²) in [5.74, 6) is 1.68. The van der Waals surface area contributed by atoms with Gasteiger partial charge in [-0.2, -0.15) is 4.37 Å². The second-order valence-electron chi connectivity index (χ2n) is 6.29. The van der Waals surface area contributed by atoms with Crippen molar-refractivity contribution in [3.63, 3.8) is 0 Å². The van der Waals surface area contributed by atoms with Gasteiger partial charge in [-0.1, -0.05) is 6.92 Å². The van der Waals surface area contributed by atoms with E-state index in [9.17, 15) is 8.42 Å². The van der Waals surface area contributed by atoms with Crippen LogP contribution in [0.4, 0.5) is 5.13 Å². The molecule has 0 saturated carbocycles. The molecule has 2 N–H and O–H groups in total. The van der Waals surface area contributed by atoms with Crippen LogP contribution in [0.2, 0.25) is 0 Å². The Bertz CT molecular complexity index is 613. The topological polar surface area (TPSA) is 98.4 Å². The summed E-state index contributed by atoms with van der Waals surface area (Å²) in [6, 6.07) is 0. The molecule has 0 bridgehead atoms. The number of nitrogens with two attached hydrogens (primary N) is 1. The van der Waals surface area contributed by atoms with Crippen LogP contribution in [0.5, 0.6) is 0 Å². The van der Waals surface area contributed by atoms with Gasteiger partial charge < -0.3 is 9.64 Å². The lowest BCUT2D eigenvalue weighted by Gasteiger charge is -2.19. The molecule has 3 rings (SSSR count). The second-order valence-corrected chi connectivity index (χ2v) is 8.68. The van der Waals surface area contributed by atoms with Gasteiger partial charge in [0.05, 0.1) is 5.75 Å². The molecule has 0 amide bonds. The molecule has 0 aliphatic carbocycles. The molecule has 3 heterocycles. The zero-order chi connectivity index (χ0) is 15.7. The summed E-state index contributed by atoms with van der Waals surface area (Å²) in [4.78, 5) is 6.82. The lowest BCUT2D eigenvalue weighted by Crippen LogP contribution is -2.27. The van der Waals surface area contributed by atoms with Crippen LogP contribution in [-0.2, 0) is 14.8 Å². The van der Waals surface area contributed by atoms with Crippen molar-refractivity contribution in [3.8, 4) is 0 Å². The summed E-state index contributed by atoms with van der Waals surface area (Å²) < 4.78 is 32.5. The zero-order valence-corrected chi connectivity index (χ0v) is 14.3. The Balaban J connectivity index is 1.66. The number of nitrogens with zero attached hydrogens (tertiary/aromatic N) is 3. The number of hydrogen-bond acceptors (Lipinski definition) is 7. The monoisotopic (exact) mass is 346 g/mol. The van der Waals surface area contributed by atoms with E-state index in [4.69, 9.17) is 9.88 Å². The van der Waals surface area contributed by atoms with E-state index in [0.29, 0.717) is 12.5 Å². The van der Waals surface area contributed by atoms with Gasteiger partial charge in [0.1, 0.15) is 5.82 Å². The predicted molar refractivity (Wildman–Crippen MR) is 85.5 cm³/mol. The maximum absolute atomic E-state index is 11.3. The van der Waals surface area contributed by atoms with Crippen molar-refractivity contribution in [2.75, 3.05) is 37.0 Å². The number of ether oxygens (including phenoxy) is 1. The fraction of sp³-hybridized carbons (Fsp3) is 0.846. The number of rotatable bonds is 4. The summed E-state index contributed by atoms with van der Waals surface area (Å²) in [5.41, 5.74) is 0. The Morgan fingerprint density at radius 3 is 2.77 bits per heavy atom. The van der Waals surface area contributed by atoms with Gasteiger partial charge in [-0.25, -0.2) is 18.5 Å². The molecule has 0 radical (unpaired) electrons. The average molecular weight is 346 g/mol. The van der Waals surface area contributed by atoms with Crippen LogP contribution in [-0.4, -0.2) is 49.8 Å². The first-order chi connectivity index (χ1) is 10.4. The van der Waals surface area contributed by atoms with Crippen molar-refractivity contribution in [1.29, 1.82) is 0 Å². The number of hydrogen-bond donors (Lipinski definition) is 1. The summed E-state index contributed by atoms with van der Waals surface area (Å²) in [5, 5.41) is 6.07. The largest absolute Gasteiger partial charge is 0.381 e. The normalized spacial score (nSPS) is 27.5. The minimum atomic E-state index is -3.43. The molecule has 9 heteroatoms. The molecular weight excluding hydrogens is 324 g/mol. The maximum Gasteiger partial charge on any atom is 0.209 e. The van der Waals surface area contributed by atoms with E-state index in [2.05, 4.69) is 21.2 Å². The first-order valence-corrected chi connectivity index (χ1v) is 10.1. The Kier molecular flexibility index (Phi) is 4.67. The fourth-order valence-corrected chi connectivity index (χ4v) is 4.98. The van der Waals surface area contributed by atoms with Crippen molar-refractivity contribution < 1.29 is 13.2 Å². The standard InChI is InChI=1S/C13H22N4O3S2/c1-9-6-17(7-11(9)8-22(14,18)19)13-15-12(16-21-13)10-2-4-20-5-3-10/h9-11H,2-8H2,1H3,(H2,14,18,19)/t9-,11+/m1/s1. The van der Waals surface area contributed by atoms with Crippen molar-refractivity contribution in [3.05, 3.63) is 5.82 Å². The highest BCUT2D eigenvalue weighted by atomic mass is 32.2. The zero-order valence-electron chi connectivity index (χ0n) is 12.6. The van der Waals surface area contributed by atoms with Crippen molar-refractivity contribution in [2.45, 2.75) is 25.7 Å². The van der Waals surface area contributed by atoms with Gasteiger partial charge in [0.2, 0.25) is 15.2 Å². The van der Waals surface area contributed by atoms with Gasteiger partial charge in [0.15, 0.2) is 0 Å². The molecule has 1 aromatic rings. The highest BCUT2D eigenvalue weighted by Gasteiger charge is 2.34. The molecule has 1 aromatic heterocycles. The molecule has 124 valence electrons. The molecule has 2 aliphatic rings. The SMILES string of the molecule is C[C@@H]1CN(c2nc(C3CCOCC3)ns2)C[C@H]1CS(N)(=O)=O. The average Bonchev–Trinajstić information content (AvgIpc) is 3.06. The molecule has 0 spiro atoms. The van der Waals surface area contributed by atoms with E-state index in [1.165, 1.54) is 11.5 Å². The Hall–Kier alpha value is -0.770. The second kappa shape index (κ2) is 6.38. The summed E-state index contributed by atoms with van der Waals surface area (Å²) >= 11 is 1.41. The van der Waals surface area contributed by atoms with Gasteiger partial charge in [-0.3, -0.25) is 0 Å². The van der Waals surface area contributed by atoms with Crippen LogP contribution in [0.3, 0.4) is 0 Å². The lowest BCUT2D eigenvalue weighted by molar-refractivity contribution is 0.0838. The minimum Gasteiger partial charge on any atom is -0.381 e. The third-order valence-corrected chi connectivity index (χ3v) is 6.19. The Labute approximate surface area is 135 Å². The van der Waals surface area contributed by atoms with E-state index in [1.807, 2.05) is 0 Å². The molecule has 0 unspecified atom stereocenters. The van der Waals surface area contributed by atoms with Crippen LogP contribution in [0.15, 0.2) is 0 Å². The minimum absolute atomic E-state index is 0.0380. The van der Waals surface area contributed by atoms with E-state index in [0.717, 1.165) is 43.6 Å². The molecule has 2 fully saturated rings. The third kappa shape index (κ3) is 3.76. The molecule has 7 nitrogen and oxygen atoms in total. The van der Waals surface area contributed by atoms with Crippen LogP contribution in [0.25, 0.3) is 0 Å². The number of sulfonamides is 1. The number of anilines is 1. The quantitative estimate of drug-likeness (QED) is 0.865. The smallest absolute Gasteiger partial charge is 0.209 e. The van der Waals surface area contributed by atoms with Crippen molar-refractivity contribution in [2.24, 2.45) is 17.0 Å². The predicted octanol–water partition coefficient (Wildman–Crippen LogP) is 0.793. The van der Waals surface area contributed by atoms with Crippen LogP contribution in [0.1, 0.15) is 31.5 Å². The molecule has 2 aliphatic heterocycles. The number of aromatic nitrogens is 2. The van der Waals surface area contributed by atoms with Gasteiger partial charge in [0, 0.05) is 43.8 Å². The lowest BCUT2D eigenvalue weighted by atomic mass is 10.00. The van der Waals surface area contributed by atoms with E-state index in [1.54, 1.807) is 0 Å². The van der Waals surface area contributed by atoms with Crippen molar-refractivity contribution >= 4 is 26.7 Å². The molecule has 2 atom stereocenters. The van der Waals surface area contributed by atoms with Crippen LogP contribution < -0.4 is 10.0 Å². The van der Waals surface area contributed by atoms with E-state index >= 15 is 0 Å². The molecular formula is C13H22N4O3S2. The third-order valence-electron chi connectivity index (χ3n) is 4.50. The maximum atomic E-state index is 11.3. The first-order valence-electron chi connectivity index (χ1n) is 7.59. The summed E-state index contributed by atoms with van der Waals surface area (Å²) in [7, 11) is -3.43. The van der Waals surface area contributed by atoms with E-state index < -0.39 is 10.0 Å². The van der Waals surface area contributed by atoms with Crippen molar-refractivity contribution in [1.82, 2.24) is 9.36 Å². The van der Waals surface area contributed by atoms with Crippen LogP contribution in [0, 0.1) is 11.8 Å². The molecule has 0 aromatic carbocycles. The van der Waals surface area contributed by atoms with Crippen LogP contribution >= 0.6 is 11.5 Å². The summed E-state index contributed by atoms with van der Waals surface area (Å²) in [6.45, 7) is 5.10. The fourth-order valence-electron chi connectivity index (χ4n) is 3.18.